The van der Waals surface area contributed by atoms with E-state index < -0.39 is 0 Å². The first-order chi connectivity index (χ1) is 8.69. The van der Waals surface area contributed by atoms with Gasteiger partial charge in [0.05, 0.1) is 5.54 Å². The normalized spacial score (nSPS) is 27.4. The summed E-state index contributed by atoms with van der Waals surface area (Å²) in [6.45, 7) is 3.81. The van der Waals surface area contributed by atoms with Crippen molar-refractivity contribution in [2.45, 2.75) is 50.7 Å². The van der Waals surface area contributed by atoms with Crippen LogP contribution in [-0.4, -0.2) is 28.9 Å². The van der Waals surface area contributed by atoms with E-state index in [1.165, 1.54) is 18.4 Å². The Balaban J connectivity index is 1.75. The van der Waals surface area contributed by atoms with Crippen LogP contribution < -0.4 is 5.32 Å². The number of nitrogens with one attached hydrogen (secondary N) is 1. The van der Waals surface area contributed by atoms with Gasteiger partial charge >= 0.3 is 0 Å². The lowest BCUT2D eigenvalue weighted by atomic mass is 9.98. The van der Waals surface area contributed by atoms with Crippen molar-refractivity contribution in [1.29, 1.82) is 0 Å². The number of rotatable bonds is 4. The van der Waals surface area contributed by atoms with Gasteiger partial charge < -0.3 is 10.2 Å². The van der Waals surface area contributed by atoms with Gasteiger partial charge in [0.25, 0.3) is 0 Å². The number of hydrogen-bond acceptors (Lipinski definition) is 3. The standard InChI is InChI=1S/C14H20N2OS/c1-14(6-2-7-15-14)13(17)16(12-3-4-12)9-11-5-8-18-10-11/h5,8,10,12,15H,2-4,6-7,9H2,1H3. The van der Waals surface area contributed by atoms with Crippen LogP contribution >= 0.6 is 11.3 Å². The van der Waals surface area contributed by atoms with Gasteiger partial charge in [-0.15, -0.1) is 0 Å². The summed E-state index contributed by atoms with van der Waals surface area (Å²) in [7, 11) is 0. The minimum atomic E-state index is -0.321. The van der Waals surface area contributed by atoms with Crippen molar-refractivity contribution in [3.8, 4) is 0 Å². The molecule has 0 aromatic carbocycles. The molecular weight excluding hydrogens is 244 g/mol. The first-order valence-electron chi connectivity index (χ1n) is 6.76. The van der Waals surface area contributed by atoms with E-state index in [4.69, 9.17) is 0 Å². The zero-order chi connectivity index (χ0) is 12.6. The summed E-state index contributed by atoms with van der Waals surface area (Å²) >= 11 is 1.70. The van der Waals surface area contributed by atoms with Crippen LogP contribution in [0.15, 0.2) is 16.8 Å². The lowest BCUT2D eigenvalue weighted by Gasteiger charge is -2.32. The average molecular weight is 264 g/mol. The van der Waals surface area contributed by atoms with Crippen molar-refractivity contribution in [2.24, 2.45) is 0 Å². The Labute approximate surface area is 112 Å². The van der Waals surface area contributed by atoms with Crippen LogP contribution in [0.1, 0.15) is 38.2 Å². The van der Waals surface area contributed by atoms with E-state index in [1.54, 1.807) is 11.3 Å². The van der Waals surface area contributed by atoms with Crippen molar-refractivity contribution >= 4 is 17.2 Å². The molecule has 1 aliphatic carbocycles. The molecule has 1 aromatic rings. The molecule has 0 radical (unpaired) electrons. The Morgan fingerprint density at radius 1 is 1.61 bits per heavy atom. The molecule has 98 valence electrons. The van der Waals surface area contributed by atoms with Gasteiger partial charge in [0.1, 0.15) is 0 Å². The van der Waals surface area contributed by atoms with E-state index in [9.17, 15) is 4.79 Å². The largest absolute Gasteiger partial charge is 0.334 e. The summed E-state index contributed by atoms with van der Waals surface area (Å²) in [5, 5.41) is 7.62. The maximum absolute atomic E-state index is 12.7. The summed E-state index contributed by atoms with van der Waals surface area (Å²) in [4.78, 5) is 14.8. The van der Waals surface area contributed by atoms with Crippen LogP contribution in [0.25, 0.3) is 0 Å². The molecular formula is C14H20N2OS. The highest BCUT2D eigenvalue weighted by molar-refractivity contribution is 7.07. The molecule has 1 atom stereocenters. The summed E-state index contributed by atoms with van der Waals surface area (Å²) in [6.07, 6.45) is 4.43. The Kier molecular flexibility index (Phi) is 3.16. The lowest BCUT2D eigenvalue weighted by Crippen LogP contribution is -2.53. The molecule has 1 N–H and O–H groups in total. The van der Waals surface area contributed by atoms with Crippen LogP contribution in [0.4, 0.5) is 0 Å². The van der Waals surface area contributed by atoms with Gasteiger partial charge in [-0.2, -0.15) is 11.3 Å². The highest BCUT2D eigenvalue weighted by atomic mass is 32.1. The van der Waals surface area contributed by atoms with Crippen LogP contribution in [0.2, 0.25) is 0 Å². The second kappa shape index (κ2) is 4.67. The average Bonchev–Trinajstić information content (AvgIpc) is 2.89. The fourth-order valence-corrected chi connectivity index (χ4v) is 3.39. The number of carbonyl (C=O) groups excluding carboxylic acids is 1. The van der Waals surface area contributed by atoms with Gasteiger partial charge in [0, 0.05) is 12.6 Å². The predicted molar refractivity (Wildman–Crippen MR) is 73.5 cm³/mol. The second-order valence-electron chi connectivity index (χ2n) is 5.66. The topological polar surface area (TPSA) is 32.3 Å². The summed E-state index contributed by atoms with van der Waals surface area (Å²) in [5.74, 6) is 0.300. The maximum Gasteiger partial charge on any atom is 0.243 e. The van der Waals surface area contributed by atoms with E-state index in [-0.39, 0.29) is 5.54 Å². The van der Waals surface area contributed by atoms with E-state index in [1.807, 2.05) is 0 Å². The molecule has 1 saturated heterocycles. The zero-order valence-corrected chi connectivity index (χ0v) is 11.6. The summed E-state index contributed by atoms with van der Waals surface area (Å²) in [5.41, 5.74) is 0.945. The van der Waals surface area contributed by atoms with Crippen molar-refractivity contribution in [1.82, 2.24) is 10.2 Å². The maximum atomic E-state index is 12.7. The quantitative estimate of drug-likeness (QED) is 0.905. The number of amides is 1. The third kappa shape index (κ3) is 2.31. The van der Waals surface area contributed by atoms with Crippen LogP contribution in [0.5, 0.6) is 0 Å². The summed E-state index contributed by atoms with van der Waals surface area (Å²) in [6, 6.07) is 2.61. The van der Waals surface area contributed by atoms with Crippen LogP contribution in [-0.2, 0) is 11.3 Å². The first-order valence-corrected chi connectivity index (χ1v) is 7.70. The number of thiophene rings is 1. The van der Waals surface area contributed by atoms with E-state index in [2.05, 4.69) is 34.0 Å². The number of hydrogen-bond donors (Lipinski definition) is 1. The molecule has 1 aliphatic heterocycles. The Morgan fingerprint density at radius 3 is 3.00 bits per heavy atom. The minimum absolute atomic E-state index is 0.300. The Hall–Kier alpha value is -0.870. The molecule has 0 spiro atoms. The zero-order valence-electron chi connectivity index (χ0n) is 10.8. The van der Waals surface area contributed by atoms with Gasteiger partial charge in [0.15, 0.2) is 0 Å². The molecule has 3 nitrogen and oxygen atoms in total. The molecule has 3 rings (SSSR count). The van der Waals surface area contributed by atoms with Crippen molar-refractivity contribution in [3.05, 3.63) is 22.4 Å². The van der Waals surface area contributed by atoms with Gasteiger partial charge in [-0.05, 0) is 61.5 Å². The third-order valence-corrected chi connectivity index (χ3v) is 4.75. The molecule has 2 aliphatic rings. The Bertz CT molecular complexity index is 419. The molecule has 0 bridgehead atoms. The van der Waals surface area contributed by atoms with Gasteiger partial charge in [-0.1, -0.05) is 0 Å². The molecule has 1 aromatic heterocycles. The SMILES string of the molecule is CC1(C(=O)N(Cc2ccsc2)C2CC2)CCCN1. The number of carbonyl (C=O) groups is 1. The molecule has 2 fully saturated rings. The lowest BCUT2D eigenvalue weighted by molar-refractivity contribution is -0.138. The van der Waals surface area contributed by atoms with Crippen molar-refractivity contribution in [2.75, 3.05) is 6.54 Å². The molecule has 1 amide bonds. The molecule has 1 unspecified atom stereocenters. The monoisotopic (exact) mass is 264 g/mol. The fourth-order valence-electron chi connectivity index (χ4n) is 2.73. The van der Waals surface area contributed by atoms with Crippen LogP contribution in [0.3, 0.4) is 0 Å². The minimum Gasteiger partial charge on any atom is -0.334 e. The molecule has 1 saturated carbocycles. The second-order valence-corrected chi connectivity index (χ2v) is 6.44. The third-order valence-electron chi connectivity index (χ3n) is 4.02. The van der Waals surface area contributed by atoms with Crippen molar-refractivity contribution < 1.29 is 4.79 Å². The highest BCUT2D eigenvalue weighted by Crippen LogP contribution is 2.32. The van der Waals surface area contributed by atoms with E-state index >= 15 is 0 Å². The predicted octanol–water partition coefficient (Wildman–Crippen LogP) is 2.38. The molecule has 2 heterocycles. The van der Waals surface area contributed by atoms with Gasteiger partial charge in [-0.3, -0.25) is 4.79 Å². The van der Waals surface area contributed by atoms with Gasteiger partial charge in [-0.25, -0.2) is 0 Å². The smallest absolute Gasteiger partial charge is 0.243 e. The Morgan fingerprint density at radius 2 is 2.44 bits per heavy atom. The molecule has 4 heteroatoms. The fraction of sp³-hybridized carbons (Fsp3) is 0.643. The van der Waals surface area contributed by atoms with Gasteiger partial charge in [0.2, 0.25) is 5.91 Å². The number of nitrogens with zero attached hydrogens (tertiary/aromatic N) is 1. The van der Waals surface area contributed by atoms with E-state index in [0.717, 1.165) is 25.9 Å². The van der Waals surface area contributed by atoms with Crippen LogP contribution in [0, 0.1) is 0 Å². The van der Waals surface area contributed by atoms with Crippen molar-refractivity contribution in [3.63, 3.8) is 0 Å². The van der Waals surface area contributed by atoms with E-state index in [0.29, 0.717) is 11.9 Å². The summed E-state index contributed by atoms with van der Waals surface area (Å²) < 4.78 is 0. The highest BCUT2D eigenvalue weighted by Gasteiger charge is 2.43. The molecule has 18 heavy (non-hydrogen) atoms. The first kappa shape index (κ1) is 12.2.